The molecule has 0 amide bonds. The van der Waals surface area contributed by atoms with Crippen molar-refractivity contribution < 1.29 is 4.74 Å². The summed E-state index contributed by atoms with van der Waals surface area (Å²) in [5, 5.41) is 0. The number of nitrogen functional groups attached to an aromatic ring is 1. The molecule has 0 unspecified atom stereocenters. The van der Waals surface area contributed by atoms with Gasteiger partial charge >= 0.3 is 0 Å². The molecule has 0 fully saturated rings. The largest absolute Gasteiger partial charge is 0.385 e. The second-order valence-corrected chi connectivity index (χ2v) is 4.43. The maximum atomic E-state index is 5.79. The van der Waals surface area contributed by atoms with Crippen LogP contribution >= 0.6 is 0 Å². The number of ether oxygens (including phenoxy) is 1. The van der Waals surface area contributed by atoms with E-state index in [1.807, 2.05) is 7.05 Å². The molecule has 0 spiro atoms. The van der Waals surface area contributed by atoms with Gasteiger partial charge in [0.25, 0.3) is 0 Å². The van der Waals surface area contributed by atoms with Crippen molar-refractivity contribution in [2.75, 3.05) is 37.9 Å². The van der Waals surface area contributed by atoms with Gasteiger partial charge in [-0.1, -0.05) is 13.8 Å². The number of nitrogens with two attached hydrogens (primary N) is 1. The van der Waals surface area contributed by atoms with E-state index in [-0.39, 0.29) is 5.92 Å². The second-order valence-electron chi connectivity index (χ2n) is 4.43. The number of hydrogen-bond donors (Lipinski definition) is 1. The first-order chi connectivity index (χ1) is 8.04. The molecule has 17 heavy (non-hydrogen) atoms. The lowest BCUT2D eigenvalue weighted by atomic mass is 10.2. The number of aromatic nitrogens is 2. The normalized spacial score (nSPS) is 10.9. The molecule has 0 radical (unpaired) electrons. The van der Waals surface area contributed by atoms with Gasteiger partial charge in [0.05, 0.1) is 0 Å². The highest BCUT2D eigenvalue weighted by atomic mass is 16.5. The lowest BCUT2D eigenvalue weighted by Gasteiger charge is -2.19. The van der Waals surface area contributed by atoms with E-state index in [0.29, 0.717) is 5.82 Å². The van der Waals surface area contributed by atoms with Gasteiger partial charge in [-0.05, 0) is 6.42 Å². The van der Waals surface area contributed by atoms with Crippen LogP contribution in [0.2, 0.25) is 0 Å². The number of methoxy groups -OCH3 is 1. The van der Waals surface area contributed by atoms with E-state index in [0.717, 1.165) is 31.2 Å². The minimum absolute atomic E-state index is 0.282. The van der Waals surface area contributed by atoms with Crippen LogP contribution in [0.3, 0.4) is 0 Å². The van der Waals surface area contributed by atoms with Gasteiger partial charge in [-0.3, -0.25) is 0 Å². The smallest absolute Gasteiger partial charge is 0.135 e. The van der Waals surface area contributed by atoms with Crippen LogP contribution in [0.5, 0.6) is 0 Å². The minimum Gasteiger partial charge on any atom is -0.385 e. The number of hydrogen-bond acceptors (Lipinski definition) is 5. The van der Waals surface area contributed by atoms with E-state index in [4.69, 9.17) is 10.5 Å². The van der Waals surface area contributed by atoms with Crippen molar-refractivity contribution in [3.05, 3.63) is 11.9 Å². The second kappa shape index (κ2) is 6.39. The quantitative estimate of drug-likeness (QED) is 0.763. The van der Waals surface area contributed by atoms with Gasteiger partial charge in [0, 0.05) is 39.3 Å². The van der Waals surface area contributed by atoms with Crippen molar-refractivity contribution in [2.45, 2.75) is 26.2 Å². The van der Waals surface area contributed by atoms with Crippen LogP contribution in [-0.4, -0.2) is 37.3 Å². The predicted molar refractivity (Wildman–Crippen MR) is 70.3 cm³/mol. The highest BCUT2D eigenvalue weighted by molar-refractivity contribution is 5.46. The lowest BCUT2D eigenvalue weighted by Crippen LogP contribution is -2.22. The molecule has 0 aliphatic heterocycles. The SMILES string of the molecule is COCCCN(C)c1cc(N)nc(C(C)C)n1. The van der Waals surface area contributed by atoms with E-state index in [9.17, 15) is 0 Å². The molecular formula is C12H22N4O. The fourth-order valence-corrected chi connectivity index (χ4v) is 1.49. The average molecular weight is 238 g/mol. The van der Waals surface area contributed by atoms with Crippen LogP contribution in [-0.2, 0) is 4.74 Å². The summed E-state index contributed by atoms with van der Waals surface area (Å²) >= 11 is 0. The summed E-state index contributed by atoms with van der Waals surface area (Å²) in [5.41, 5.74) is 5.79. The van der Waals surface area contributed by atoms with Crippen LogP contribution in [0, 0.1) is 0 Å². The summed E-state index contributed by atoms with van der Waals surface area (Å²) in [6.07, 6.45) is 0.966. The van der Waals surface area contributed by atoms with Gasteiger partial charge in [0.2, 0.25) is 0 Å². The molecule has 0 aromatic carbocycles. The highest BCUT2D eigenvalue weighted by Crippen LogP contribution is 2.17. The molecule has 0 saturated carbocycles. The van der Waals surface area contributed by atoms with E-state index < -0.39 is 0 Å². The molecule has 1 heterocycles. The summed E-state index contributed by atoms with van der Waals surface area (Å²) < 4.78 is 5.03. The molecule has 96 valence electrons. The van der Waals surface area contributed by atoms with Crippen LogP contribution in [0.25, 0.3) is 0 Å². The minimum atomic E-state index is 0.282. The van der Waals surface area contributed by atoms with Crippen molar-refractivity contribution in [1.82, 2.24) is 9.97 Å². The Labute approximate surface area is 103 Å². The average Bonchev–Trinajstić information content (AvgIpc) is 2.28. The van der Waals surface area contributed by atoms with Crippen molar-refractivity contribution >= 4 is 11.6 Å². The monoisotopic (exact) mass is 238 g/mol. The van der Waals surface area contributed by atoms with Crippen molar-refractivity contribution in [3.63, 3.8) is 0 Å². The Morgan fingerprint density at radius 3 is 2.71 bits per heavy atom. The number of rotatable bonds is 6. The van der Waals surface area contributed by atoms with Crippen LogP contribution in [0.1, 0.15) is 32.0 Å². The number of nitrogens with zero attached hydrogens (tertiary/aromatic N) is 3. The van der Waals surface area contributed by atoms with Crippen LogP contribution in [0.15, 0.2) is 6.07 Å². The fourth-order valence-electron chi connectivity index (χ4n) is 1.49. The zero-order valence-corrected chi connectivity index (χ0v) is 11.1. The zero-order chi connectivity index (χ0) is 12.8. The maximum absolute atomic E-state index is 5.79. The first kappa shape index (κ1) is 13.7. The molecule has 1 aromatic rings. The third kappa shape index (κ3) is 4.19. The standard InChI is InChI=1S/C12H22N4O/c1-9(2)12-14-10(13)8-11(15-12)16(3)6-5-7-17-4/h8-9H,5-7H2,1-4H3,(H2,13,14,15). The van der Waals surface area contributed by atoms with Crippen molar-refractivity contribution in [1.29, 1.82) is 0 Å². The fraction of sp³-hybridized carbons (Fsp3) is 0.667. The molecule has 5 heteroatoms. The van der Waals surface area contributed by atoms with E-state index in [1.54, 1.807) is 13.2 Å². The molecule has 1 rings (SSSR count). The van der Waals surface area contributed by atoms with Gasteiger partial charge in [-0.25, -0.2) is 9.97 Å². The molecule has 0 bridgehead atoms. The van der Waals surface area contributed by atoms with E-state index in [1.165, 1.54) is 0 Å². The Bertz CT molecular complexity index is 354. The first-order valence-electron chi connectivity index (χ1n) is 5.89. The molecule has 0 saturated heterocycles. The van der Waals surface area contributed by atoms with Gasteiger partial charge < -0.3 is 15.4 Å². The van der Waals surface area contributed by atoms with Gasteiger partial charge in [0.15, 0.2) is 0 Å². The summed E-state index contributed by atoms with van der Waals surface area (Å²) in [6.45, 7) is 5.76. The van der Waals surface area contributed by atoms with E-state index >= 15 is 0 Å². The molecule has 0 atom stereocenters. The molecule has 0 aliphatic rings. The Morgan fingerprint density at radius 2 is 2.12 bits per heavy atom. The van der Waals surface area contributed by atoms with Gasteiger partial charge in [-0.15, -0.1) is 0 Å². The topological polar surface area (TPSA) is 64.3 Å². The summed E-state index contributed by atoms with van der Waals surface area (Å²) in [5.74, 6) is 2.47. The zero-order valence-electron chi connectivity index (χ0n) is 11.1. The van der Waals surface area contributed by atoms with Crippen molar-refractivity contribution in [3.8, 4) is 0 Å². The Morgan fingerprint density at radius 1 is 1.41 bits per heavy atom. The van der Waals surface area contributed by atoms with Gasteiger partial charge in [-0.2, -0.15) is 0 Å². The third-order valence-electron chi connectivity index (χ3n) is 2.50. The Kier molecular flexibility index (Phi) is 5.15. The summed E-state index contributed by atoms with van der Waals surface area (Å²) in [7, 11) is 3.71. The molecule has 2 N–H and O–H groups in total. The summed E-state index contributed by atoms with van der Waals surface area (Å²) in [4.78, 5) is 10.8. The Hall–Kier alpha value is -1.36. The third-order valence-corrected chi connectivity index (χ3v) is 2.50. The first-order valence-corrected chi connectivity index (χ1v) is 5.89. The molecular weight excluding hydrogens is 216 g/mol. The van der Waals surface area contributed by atoms with Crippen LogP contribution < -0.4 is 10.6 Å². The maximum Gasteiger partial charge on any atom is 0.135 e. The summed E-state index contributed by atoms with van der Waals surface area (Å²) in [6, 6.07) is 1.80. The van der Waals surface area contributed by atoms with Gasteiger partial charge in [0.1, 0.15) is 17.5 Å². The molecule has 1 aromatic heterocycles. The Balaban J connectivity index is 2.75. The highest BCUT2D eigenvalue weighted by Gasteiger charge is 2.09. The lowest BCUT2D eigenvalue weighted by molar-refractivity contribution is 0.196. The number of anilines is 2. The van der Waals surface area contributed by atoms with Crippen LogP contribution in [0.4, 0.5) is 11.6 Å². The molecule has 5 nitrogen and oxygen atoms in total. The predicted octanol–water partition coefficient (Wildman–Crippen LogP) is 1.65. The molecule has 0 aliphatic carbocycles. The van der Waals surface area contributed by atoms with E-state index in [2.05, 4.69) is 28.7 Å². The van der Waals surface area contributed by atoms with Crippen molar-refractivity contribution in [2.24, 2.45) is 0 Å².